The molecular formula is C16H15N5O4. The zero-order chi connectivity index (χ0) is 17.4. The lowest BCUT2D eigenvalue weighted by Crippen LogP contribution is -2.40. The van der Waals surface area contributed by atoms with E-state index >= 15 is 0 Å². The maximum Gasteiger partial charge on any atom is 0.322 e. The molecule has 1 aliphatic rings. The van der Waals surface area contributed by atoms with Crippen LogP contribution in [-0.4, -0.2) is 38.6 Å². The lowest BCUT2D eigenvalue weighted by Gasteiger charge is -2.24. The number of carbonyl (C=O) groups is 1. The van der Waals surface area contributed by atoms with Gasteiger partial charge >= 0.3 is 6.01 Å². The molecule has 3 aromatic rings. The summed E-state index contributed by atoms with van der Waals surface area (Å²) in [6, 6.07) is 8.97. The molecule has 9 nitrogen and oxygen atoms in total. The van der Waals surface area contributed by atoms with Crippen molar-refractivity contribution in [2.75, 3.05) is 11.9 Å². The highest BCUT2D eigenvalue weighted by Crippen LogP contribution is 2.31. The number of aromatic nitrogens is 4. The average Bonchev–Trinajstić information content (AvgIpc) is 3.20. The van der Waals surface area contributed by atoms with Gasteiger partial charge in [0.15, 0.2) is 11.5 Å². The van der Waals surface area contributed by atoms with E-state index in [9.17, 15) is 4.79 Å². The molecule has 1 atom stereocenters. The molecule has 0 aliphatic carbocycles. The summed E-state index contributed by atoms with van der Waals surface area (Å²) in [6.07, 6.45) is -0.802. The van der Waals surface area contributed by atoms with E-state index in [2.05, 4.69) is 20.6 Å². The van der Waals surface area contributed by atoms with Gasteiger partial charge in [-0.3, -0.25) is 14.8 Å². The predicted octanol–water partition coefficient (Wildman–Crippen LogP) is 1.56. The summed E-state index contributed by atoms with van der Waals surface area (Å²) in [5.41, 5.74) is 1.49. The second kappa shape index (κ2) is 5.93. The van der Waals surface area contributed by atoms with Crippen molar-refractivity contribution in [2.45, 2.75) is 13.0 Å². The molecule has 0 bridgehead atoms. The Bertz CT molecular complexity index is 932. The van der Waals surface area contributed by atoms with Crippen LogP contribution in [0.1, 0.15) is 5.69 Å². The van der Waals surface area contributed by atoms with Crippen LogP contribution in [0, 0.1) is 6.92 Å². The summed E-state index contributed by atoms with van der Waals surface area (Å²) in [5.74, 6) is 0.971. The minimum atomic E-state index is -0.802. The van der Waals surface area contributed by atoms with Crippen LogP contribution in [0.2, 0.25) is 0 Å². The van der Waals surface area contributed by atoms with Crippen LogP contribution in [0.3, 0.4) is 0 Å². The molecule has 3 heterocycles. The normalized spacial score (nSPS) is 15.8. The zero-order valence-electron chi connectivity index (χ0n) is 13.6. The number of carbonyl (C=O) groups excluding carboxylic acids is 1. The van der Waals surface area contributed by atoms with E-state index in [1.54, 1.807) is 23.9 Å². The molecule has 0 saturated heterocycles. The molecule has 0 spiro atoms. The number of nitrogens with zero attached hydrogens (tertiary/aromatic N) is 4. The average molecular weight is 341 g/mol. The van der Waals surface area contributed by atoms with Crippen molar-refractivity contribution in [1.82, 2.24) is 20.0 Å². The zero-order valence-corrected chi connectivity index (χ0v) is 13.6. The van der Waals surface area contributed by atoms with Crippen LogP contribution in [0.4, 0.5) is 6.01 Å². The van der Waals surface area contributed by atoms with Crippen LogP contribution >= 0.6 is 0 Å². The third-order valence-corrected chi connectivity index (χ3v) is 3.68. The molecule has 2 aromatic heterocycles. The molecule has 0 saturated carbocycles. The monoisotopic (exact) mass is 341 g/mol. The molecule has 1 amide bonds. The highest BCUT2D eigenvalue weighted by atomic mass is 16.6. The minimum Gasteiger partial charge on any atom is -0.485 e. The Labute approximate surface area is 142 Å². The van der Waals surface area contributed by atoms with E-state index < -0.39 is 12.0 Å². The van der Waals surface area contributed by atoms with E-state index in [1.165, 1.54) is 0 Å². The van der Waals surface area contributed by atoms with Crippen LogP contribution in [0.15, 0.2) is 34.7 Å². The molecule has 0 unspecified atom stereocenters. The number of ether oxygens (including phenoxy) is 2. The first kappa shape index (κ1) is 15.2. The van der Waals surface area contributed by atoms with Gasteiger partial charge in [-0.15, -0.1) is 5.10 Å². The topological polar surface area (TPSA) is 104 Å². The van der Waals surface area contributed by atoms with Gasteiger partial charge in [-0.2, -0.15) is 5.10 Å². The molecule has 4 rings (SSSR count). The van der Waals surface area contributed by atoms with E-state index in [4.69, 9.17) is 13.9 Å². The second-order valence-electron chi connectivity index (χ2n) is 5.56. The minimum absolute atomic E-state index is 0.0127. The van der Waals surface area contributed by atoms with Crippen molar-refractivity contribution < 1.29 is 18.7 Å². The highest BCUT2D eigenvalue weighted by Gasteiger charge is 2.28. The number of rotatable bonds is 3. The Morgan fingerprint density at radius 1 is 1.28 bits per heavy atom. The largest absolute Gasteiger partial charge is 0.485 e. The summed E-state index contributed by atoms with van der Waals surface area (Å²) in [5, 5.41) is 14.5. The third-order valence-electron chi connectivity index (χ3n) is 3.68. The third kappa shape index (κ3) is 2.91. The lowest BCUT2D eigenvalue weighted by molar-refractivity contribution is -0.125. The van der Waals surface area contributed by atoms with E-state index in [0.29, 0.717) is 17.2 Å². The second-order valence-corrected chi connectivity index (χ2v) is 5.56. The Morgan fingerprint density at radius 2 is 2.08 bits per heavy atom. The number of fused-ring (bicyclic) bond motifs is 1. The Hall–Kier alpha value is -3.36. The van der Waals surface area contributed by atoms with Gasteiger partial charge in [-0.05, 0) is 25.1 Å². The molecular weight excluding hydrogens is 326 g/mol. The molecule has 128 valence electrons. The smallest absolute Gasteiger partial charge is 0.322 e. The molecule has 25 heavy (non-hydrogen) atoms. The first-order valence-corrected chi connectivity index (χ1v) is 7.64. The number of anilines is 1. The Morgan fingerprint density at radius 3 is 2.84 bits per heavy atom. The van der Waals surface area contributed by atoms with Gasteiger partial charge < -0.3 is 13.9 Å². The first-order chi connectivity index (χ1) is 12.1. The molecule has 1 aromatic carbocycles. The van der Waals surface area contributed by atoms with Crippen LogP contribution in [0.25, 0.3) is 11.6 Å². The van der Waals surface area contributed by atoms with Gasteiger partial charge in [0.05, 0.1) is 5.69 Å². The molecule has 1 aliphatic heterocycles. The SMILES string of the molecule is Cc1cc(-c2nnc(NC(=O)[C@H]3COc4ccccc4O3)o2)n(C)n1. The lowest BCUT2D eigenvalue weighted by atomic mass is 10.2. The summed E-state index contributed by atoms with van der Waals surface area (Å²) in [4.78, 5) is 12.3. The van der Waals surface area contributed by atoms with Crippen molar-refractivity contribution in [1.29, 1.82) is 0 Å². The number of amides is 1. The fourth-order valence-corrected chi connectivity index (χ4v) is 2.52. The predicted molar refractivity (Wildman–Crippen MR) is 86.2 cm³/mol. The Kier molecular flexibility index (Phi) is 3.60. The van der Waals surface area contributed by atoms with Gasteiger partial charge in [0.25, 0.3) is 11.8 Å². The number of aryl methyl sites for hydroxylation is 2. The number of hydrogen-bond donors (Lipinski definition) is 1. The summed E-state index contributed by atoms with van der Waals surface area (Å²) in [6.45, 7) is 1.96. The number of hydrogen-bond acceptors (Lipinski definition) is 7. The molecule has 0 fully saturated rings. The molecule has 0 radical (unpaired) electrons. The highest BCUT2D eigenvalue weighted by molar-refractivity contribution is 5.93. The number of benzene rings is 1. The van der Waals surface area contributed by atoms with Crippen molar-refractivity contribution in [3.8, 4) is 23.1 Å². The maximum absolute atomic E-state index is 12.3. The van der Waals surface area contributed by atoms with Crippen molar-refractivity contribution in [3.05, 3.63) is 36.0 Å². The van der Waals surface area contributed by atoms with E-state index in [-0.39, 0.29) is 18.5 Å². The standard InChI is InChI=1S/C16H15N5O4/c1-9-7-10(21(2)20-9)15-18-19-16(25-15)17-14(22)13-8-23-11-5-3-4-6-12(11)24-13/h3-7,13H,8H2,1-2H3,(H,17,19,22)/t13-/m1/s1. The number of para-hydroxylation sites is 2. The van der Waals surface area contributed by atoms with Gasteiger partial charge in [0, 0.05) is 7.05 Å². The van der Waals surface area contributed by atoms with Gasteiger partial charge in [-0.1, -0.05) is 17.2 Å². The van der Waals surface area contributed by atoms with Gasteiger partial charge in [-0.25, -0.2) is 0 Å². The van der Waals surface area contributed by atoms with Crippen LogP contribution in [0.5, 0.6) is 11.5 Å². The van der Waals surface area contributed by atoms with Crippen molar-refractivity contribution in [3.63, 3.8) is 0 Å². The summed E-state index contributed by atoms with van der Waals surface area (Å²) < 4.78 is 18.3. The fraction of sp³-hybridized carbons (Fsp3) is 0.250. The summed E-state index contributed by atoms with van der Waals surface area (Å²) >= 11 is 0. The maximum atomic E-state index is 12.3. The molecule has 9 heteroatoms. The summed E-state index contributed by atoms with van der Waals surface area (Å²) in [7, 11) is 1.77. The first-order valence-electron chi connectivity index (χ1n) is 7.64. The van der Waals surface area contributed by atoms with E-state index in [1.807, 2.05) is 25.1 Å². The van der Waals surface area contributed by atoms with Crippen molar-refractivity contribution >= 4 is 11.9 Å². The van der Waals surface area contributed by atoms with Gasteiger partial charge in [0.1, 0.15) is 12.3 Å². The quantitative estimate of drug-likeness (QED) is 0.771. The van der Waals surface area contributed by atoms with E-state index in [0.717, 1.165) is 5.69 Å². The van der Waals surface area contributed by atoms with Crippen LogP contribution < -0.4 is 14.8 Å². The van der Waals surface area contributed by atoms with Crippen molar-refractivity contribution in [2.24, 2.45) is 7.05 Å². The Balaban J connectivity index is 1.46. The number of nitrogens with one attached hydrogen (secondary N) is 1. The molecule has 1 N–H and O–H groups in total. The van der Waals surface area contributed by atoms with Crippen LogP contribution in [-0.2, 0) is 11.8 Å². The fourth-order valence-electron chi connectivity index (χ4n) is 2.52. The van der Waals surface area contributed by atoms with Gasteiger partial charge in [0.2, 0.25) is 6.10 Å².